The van der Waals surface area contributed by atoms with Crippen molar-refractivity contribution in [3.8, 4) is 0 Å². The summed E-state index contributed by atoms with van der Waals surface area (Å²) in [5.41, 5.74) is 0.454. The fourth-order valence-corrected chi connectivity index (χ4v) is 3.49. The minimum absolute atomic E-state index is 0.127. The van der Waals surface area contributed by atoms with E-state index in [9.17, 15) is 14.4 Å². The fraction of sp³-hybridized carbons (Fsp3) is 0.571. The first-order valence-electron chi connectivity index (χ1n) is 9.55. The maximum Gasteiger partial charge on any atom is 0.344 e. The molecule has 3 atom stereocenters. The van der Waals surface area contributed by atoms with Gasteiger partial charge < -0.3 is 14.8 Å². The Morgan fingerprint density at radius 1 is 1.11 bits per heavy atom. The minimum atomic E-state index is -0.673. The third-order valence-electron chi connectivity index (χ3n) is 5.02. The molecule has 0 saturated heterocycles. The van der Waals surface area contributed by atoms with Gasteiger partial charge in [-0.15, -0.1) is 0 Å². The van der Waals surface area contributed by atoms with Crippen LogP contribution in [0, 0.1) is 17.8 Å². The normalized spacial score (nSPS) is 22.1. The van der Waals surface area contributed by atoms with Crippen molar-refractivity contribution in [1.29, 1.82) is 0 Å². The lowest BCUT2D eigenvalue weighted by Gasteiger charge is -2.36. The van der Waals surface area contributed by atoms with Crippen molar-refractivity contribution < 1.29 is 23.9 Å². The zero-order valence-electron chi connectivity index (χ0n) is 16.3. The molecule has 148 valence electrons. The standard InChI is InChI=1S/C21H29NO5/c1-14(2)17-10-9-15(3)11-18(17)27-20(24)13-26-19(23)12-22-21(25)16-7-5-4-6-8-16/h4-8,14-15,17-18H,9-13H2,1-3H3,(H,22,25)/t15-,17-,18+/m0/s1. The molecule has 6 nitrogen and oxygen atoms in total. The summed E-state index contributed by atoms with van der Waals surface area (Å²) < 4.78 is 10.5. The molecule has 1 aromatic carbocycles. The van der Waals surface area contributed by atoms with E-state index in [-0.39, 0.29) is 18.6 Å². The van der Waals surface area contributed by atoms with Crippen LogP contribution in [0.5, 0.6) is 0 Å². The Bertz CT molecular complexity index is 643. The van der Waals surface area contributed by atoms with E-state index in [2.05, 4.69) is 26.1 Å². The lowest BCUT2D eigenvalue weighted by Crippen LogP contribution is -2.37. The number of amides is 1. The third kappa shape index (κ3) is 6.70. The number of rotatable bonds is 7. The van der Waals surface area contributed by atoms with Gasteiger partial charge in [0.05, 0.1) is 0 Å². The fourth-order valence-electron chi connectivity index (χ4n) is 3.49. The van der Waals surface area contributed by atoms with E-state index in [1.165, 1.54) is 0 Å². The molecule has 1 N–H and O–H groups in total. The molecule has 27 heavy (non-hydrogen) atoms. The lowest BCUT2D eigenvalue weighted by molar-refractivity contribution is -0.166. The molecule has 2 rings (SSSR count). The van der Waals surface area contributed by atoms with Crippen molar-refractivity contribution in [1.82, 2.24) is 5.32 Å². The maximum atomic E-state index is 12.1. The van der Waals surface area contributed by atoms with Crippen LogP contribution in [0.4, 0.5) is 0 Å². The zero-order chi connectivity index (χ0) is 19.8. The molecule has 0 bridgehead atoms. The molecule has 1 aromatic rings. The van der Waals surface area contributed by atoms with Gasteiger partial charge >= 0.3 is 11.9 Å². The molecule has 0 radical (unpaired) electrons. The van der Waals surface area contributed by atoms with Crippen LogP contribution in [0.25, 0.3) is 0 Å². The number of esters is 2. The Kier molecular flexibility index (Phi) is 7.82. The van der Waals surface area contributed by atoms with Gasteiger partial charge in [-0.2, -0.15) is 0 Å². The summed E-state index contributed by atoms with van der Waals surface area (Å²) in [7, 11) is 0. The van der Waals surface area contributed by atoms with E-state index in [1.54, 1.807) is 30.3 Å². The zero-order valence-corrected chi connectivity index (χ0v) is 16.3. The molecular weight excluding hydrogens is 346 g/mol. The Hall–Kier alpha value is -2.37. The van der Waals surface area contributed by atoms with Gasteiger partial charge in [-0.05, 0) is 42.7 Å². The number of nitrogens with one attached hydrogen (secondary N) is 1. The van der Waals surface area contributed by atoms with Crippen LogP contribution in [-0.4, -0.2) is 37.1 Å². The predicted molar refractivity (Wildman–Crippen MR) is 101 cm³/mol. The van der Waals surface area contributed by atoms with Crippen molar-refractivity contribution >= 4 is 17.8 Å². The highest BCUT2D eigenvalue weighted by Gasteiger charge is 2.33. The summed E-state index contributed by atoms with van der Waals surface area (Å²) in [4.78, 5) is 35.7. The molecule has 0 aromatic heterocycles. The summed E-state index contributed by atoms with van der Waals surface area (Å²) in [6.07, 6.45) is 2.91. The van der Waals surface area contributed by atoms with Crippen LogP contribution >= 0.6 is 0 Å². The third-order valence-corrected chi connectivity index (χ3v) is 5.02. The Morgan fingerprint density at radius 2 is 1.81 bits per heavy atom. The van der Waals surface area contributed by atoms with E-state index in [0.717, 1.165) is 19.3 Å². The van der Waals surface area contributed by atoms with E-state index >= 15 is 0 Å². The summed E-state index contributed by atoms with van der Waals surface area (Å²) in [6, 6.07) is 8.57. The average molecular weight is 375 g/mol. The Morgan fingerprint density at radius 3 is 2.48 bits per heavy atom. The largest absolute Gasteiger partial charge is 0.460 e. The van der Waals surface area contributed by atoms with Crippen molar-refractivity contribution in [3.05, 3.63) is 35.9 Å². The topological polar surface area (TPSA) is 81.7 Å². The van der Waals surface area contributed by atoms with Gasteiger partial charge in [0.15, 0.2) is 6.61 Å². The number of carbonyl (C=O) groups is 3. The molecule has 1 aliphatic rings. The number of hydrogen-bond acceptors (Lipinski definition) is 5. The van der Waals surface area contributed by atoms with Crippen LogP contribution in [-0.2, 0) is 19.1 Å². The van der Waals surface area contributed by atoms with E-state index in [4.69, 9.17) is 9.47 Å². The molecule has 1 amide bonds. The SMILES string of the molecule is CC(C)[C@@H]1CC[C@H](C)C[C@H]1OC(=O)COC(=O)CNC(=O)c1ccccc1. The molecule has 0 unspecified atom stereocenters. The van der Waals surface area contributed by atoms with Crippen LogP contribution in [0.2, 0.25) is 0 Å². The summed E-state index contributed by atoms with van der Waals surface area (Å²) in [5, 5.41) is 2.47. The number of carbonyl (C=O) groups excluding carboxylic acids is 3. The minimum Gasteiger partial charge on any atom is -0.460 e. The number of ether oxygens (including phenoxy) is 2. The number of hydrogen-bond donors (Lipinski definition) is 1. The molecule has 0 aliphatic heterocycles. The second kappa shape index (κ2) is 10.1. The highest BCUT2D eigenvalue weighted by molar-refractivity contribution is 5.95. The van der Waals surface area contributed by atoms with Crippen molar-refractivity contribution in [2.75, 3.05) is 13.2 Å². The van der Waals surface area contributed by atoms with Gasteiger partial charge in [0.25, 0.3) is 5.91 Å². The summed E-state index contributed by atoms with van der Waals surface area (Å²) >= 11 is 0. The first-order chi connectivity index (χ1) is 12.9. The van der Waals surface area contributed by atoms with Crippen LogP contribution in [0.3, 0.4) is 0 Å². The quantitative estimate of drug-likeness (QED) is 0.741. The van der Waals surface area contributed by atoms with Crippen LogP contribution in [0.1, 0.15) is 50.4 Å². The van der Waals surface area contributed by atoms with Gasteiger partial charge in [-0.25, -0.2) is 4.79 Å². The van der Waals surface area contributed by atoms with Gasteiger partial charge in [-0.3, -0.25) is 9.59 Å². The first kappa shape index (κ1) is 20.9. The second-order valence-electron chi connectivity index (χ2n) is 7.56. The van der Waals surface area contributed by atoms with Gasteiger partial charge in [0.1, 0.15) is 12.6 Å². The molecule has 6 heteroatoms. The summed E-state index contributed by atoms with van der Waals surface area (Å²) in [5.74, 6) is -0.284. The van der Waals surface area contributed by atoms with E-state index < -0.39 is 18.5 Å². The summed E-state index contributed by atoms with van der Waals surface area (Å²) in [6.45, 7) is 5.70. The molecule has 1 fully saturated rings. The van der Waals surface area contributed by atoms with E-state index in [0.29, 0.717) is 23.3 Å². The van der Waals surface area contributed by atoms with Gasteiger partial charge in [0.2, 0.25) is 0 Å². The number of benzene rings is 1. The molecule has 0 spiro atoms. The average Bonchev–Trinajstić information content (AvgIpc) is 2.65. The lowest BCUT2D eigenvalue weighted by atomic mass is 9.75. The van der Waals surface area contributed by atoms with E-state index in [1.807, 2.05) is 0 Å². The highest BCUT2D eigenvalue weighted by Crippen LogP contribution is 2.35. The monoisotopic (exact) mass is 375 g/mol. The highest BCUT2D eigenvalue weighted by atomic mass is 16.6. The molecule has 1 aliphatic carbocycles. The van der Waals surface area contributed by atoms with Crippen molar-refractivity contribution in [2.24, 2.45) is 17.8 Å². The first-order valence-corrected chi connectivity index (χ1v) is 9.55. The molecule has 0 heterocycles. The maximum absolute atomic E-state index is 12.1. The Balaban J connectivity index is 1.72. The smallest absolute Gasteiger partial charge is 0.344 e. The van der Waals surface area contributed by atoms with Gasteiger partial charge in [-0.1, -0.05) is 45.4 Å². The van der Waals surface area contributed by atoms with Crippen LogP contribution < -0.4 is 5.32 Å². The van der Waals surface area contributed by atoms with Crippen molar-refractivity contribution in [2.45, 2.75) is 46.1 Å². The van der Waals surface area contributed by atoms with Crippen molar-refractivity contribution in [3.63, 3.8) is 0 Å². The molecular formula is C21H29NO5. The molecule has 1 saturated carbocycles. The predicted octanol–water partition coefficient (Wildman–Crippen LogP) is 2.96. The van der Waals surface area contributed by atoms with Crippen LogP contribution in [0.15, 0.2) is 30.3 Å². The van der Waals surface area contributed by atoms with Gasteiger partial charge in [0, 0.05) is 5.56 Å². The second-order valence-corrected chi connectivity index (χ2v) is 7.56. The Labute approximate surface area is 160 Å².